The first-order valence-electron chi connectivity index (χ1n) is 7.01. The number of hydrogen-bond acceptors (Lipinski definition) is 3. The van der Waals surface area contributed by atoms with Crippen LogP contribution in [0.1, 0.15) is 54.9 Å². The summed E-state index contributed by atoms with van der Waals surface area (Å²) in [5.74, 6) is 0.648. The first-order valence-corrected chi connectivity index (χ1v) is 7.01. The maximum absolute atomic E-state index is 12.2. The summed E-state index contributed by atoms with van der Waals surface area (Å²) in [6.07, 6.45) is 1.11. The molecular formula is C15H29NO3. The molecule has 1 unspecified atom stereocenters. The monoisotopic (exact) mass is 271 g/mol. The van der Waals surface area contributed by atoms with Crippen molar-refractivity contribution in [3.05, 3.63) is 0 Å². The van der Waals surface area contributed by atoms with Crippen LogP contribution in [0.2, 0.25) is 0 Å². The third kappa shape index (κ3) is 7.85. The van der Waals surface area contributed by atoms with E-state index in [0.29, 0.717) is 24.8 Å². The van der Waals surface area contributed by atoms with E-state index in [-0.39, 0.29) is 0 Å². The number of ether oxygens (including phenoxy) is 1. The van der Waals surface area contributed by atoms with E-state index >= 15 is 0 Å². The van der Waals surface area contributed by atoms with Gasteiger partial charge in [-0.25, -0.2) is 4.79 Å². The summed E-state index contributed by atoms with van der Waals surface area (Å²) in [5.41, 5.74) is -0.544. The molecule has 0 saturated heterocycles. The van der Waals surface area contributed by atoms with Crippen molar-refractivity contribution in [2.75, 3.05) is 6.54 Å². The van der Waals surface area contributed by atoms with Crippen LogP contribution in [0.5, 0.6) is 0 Å². The number of aldehydes is 1. The third-order valence-corrected chi connectivity index (χ3v) is 2.46. The molecule has 0 spiro atoms. The minimum absolute atomic E-state index is 0.294. The van der Waals surface area contributed by atoms with Crippen molar-refractivity contribution in [2.24, 2.45) is 11.8 Å². The molecule has 0 aromatic carbocycles. The molecule has 0 aromatic rings. The molecule has 0 radical (unpaired) electrons. The molecule has 0 saturated carbocycles. The van der Waals surface area contributed by atoms with E-state index in [1.54, 1.807) is 4.90 Å². The van der Waals surface area contributed by atoms with Gasteiger partial charge in [-0.3, -0.25) is 4.90 Å². The lowest BCUT2D eigenvalue weighted by Gasteiger charge is -2.32. The molecule has 0 aliphatic carbocycles. The molecule has 0 aliphatic heterocycles. The second kappa shape index (κ2) is 7.51. The molecule has 0 rings (SSSR count). The maximum atomic E-state index is 12.2. The number of carbonyl (C=O) groups excluding carboxylic acids is 2. The quantitative estimate of drug-likeness (QED) is 0.695. The van der Waals surface area contributed by atoms with E-state index in [4.69, 9.17) is 4.74 Å². The van der Waals surface area contributed by atoms with E-state index in [2.05, 4.69) is 0 Å². The van der Waals surface area contributed by atoms with E-state index in [1.165, 1.54) is 0 Å². The van der Waals surface area contributed by atoms with Crippen molar-refractivity contribution in [1.29, 1.82) is 0 Å². The number of nitrogens with zero attached hydrogens (tertiary/aromatic N) is 1. The molecule has 0 N–H and O–H groups in total. The van der Waals surface area contributed by atoms with Crippen molar-refractivity contribution in [1.82, 2.24) is 4.90 Å². The predicted molar refractivity (Wildman–Crippen MR) is 77.1 cm³/mol. The SMILES string of the molecule is CC(C)CC(C=O)N(CC(C)C)C(=O)OC(C)(C)C. The fourth-order valence-corrected chi connectivity index (χ4v) is 1.80. The lowest BCUT2D eigenvalue weighted by molar-refractivity contribution is -0.113. The predicted octanol–water partition coefficient (Wildman–Crippen LogP) is 3.49. The molecule has 4 heteroatoms. The molecule has 0 fully saturated rings. The van der Waals surface area contributed by atoms with Crippen LogP contribution in [0.25, 0.3) is 0 Å². The van der Waals surface area contributed by atoms with Crippen LogP contribution in [-0.4, -0.2) is 35.5 Å². The summed E-state index contributed by atoms with van der Waals surface area (Å²) in [5, 5.41) is 0. The minimum Gasteiger partial charge on any atom is -0.444 e. The maximum Gasteiger partial charge on any atom is 0.410 e. The van der Waals surface area contributed by atoms with Gasteiger partial charge in [-0.1, -0.05) is 27.7 Å². The van der Waals surface area contributed by atoms with Gasteiger partial charge in [-0.05, 0) is 39.0 Å². The normalized spacial score (nSPS) is 13.5. The Balaban J connectivity index is 4.96. The molecule has 0 aliphatic rings. The van der Waals surface area contributed by atoms with Gasteiger partial charge in [0.25, 0.3) is 0 Å². The van der Waals surface area contributed by atoms with Gasteiger partial charge in [0, 0.05) is 6.54 Å². The molecule has 1 atom stereocenters. The van der Waals surface area contributed by atoms with E-state index in [0.717, 1.165) is 6.29 Å². The Kier molecular flexibility index (Phi) is 7.09. The Hall–Kier alpha value is -1.06. The fraction of sp³-hybridized carbons (Fsp3) is 0.867. The van der Waals surface area contributed by atoms with Gasteiger partial charge in [-0.15, -0.1) is 0 Å². The highest BCUT2D eigenvalue weighted by molar-refractivity contribution is 5.73. The summed E-state index contributed by atoms with van der Waals surface area (Å²) < 4.78 is 5.39. The Morgan fingerprint density at radius 1 is 1.16 bits per heavy atom. The van der Waals surface area contributed by atoms with Gasteiger partial charge in [0.1, 0.15) is 11.9 Å². The number of rotatable bonds is 6. The van der Waals surface area contributed by atoms with Crippen LogP contribution in [0.4, 0.5) is 4.79 Å². The third-order valence-electron chi connectivity index (χ3n) is 2.46. The van der Waals surface area contributed by atoms with Gasteiger partial charge in [0.15, 0.2) is 0 Å². The van der Waals surface area contributed by atoms with Crippen molar-refractivity contribution < 1.29 is 14.3 Å². The lowest BCUT2D eigenvalue weighted by Crippen LogP contribution is -2.46. The lowest BCUT2D eigenvalue weighted by atomic mass is 10.0. The summed E-state index contributed by atoms with van der Waals surface area (Å²) >= 11 is 0. The molecule has 19 heavy (non-hydrogen) atoms. The first kappa shape index (κ1) is 17.9. The molecule has 4 nitrogen and oxygen atoms in total. The van der Waals surface area contributed by atoms with Crippen LogP contribution in [-0.2, 0) is 9.53 Å². The first-order chi connectivity index (χ1) is 8.56. The number of carbonyl (C=O) groups is 2. The van der Waals surface area contributed by atoms with Crippen molar-refractivity contribution >= 4 is 12.4 Å². The van der Waals surface area contributed by atoms with Crippen LogP contribution >= 0.6 is 0 Å². The highest BCUT2D eigenvalue weighted by Gasteiger charge is 2.29. The largest absolute Gasteiger partial charge is 0.444 e. The average Bonchev–Trinajstić information content (AvgIpc) is 2.19. The van der Waals surface area contributed by atoms with Crippen LogP contribution in [0, 0.1) is 11.8 Å². The van der Waals surface area contributed by atoms with Gasteiger partial charge in [0.05, 0.1) is 6.04 Å². The molecule has 0 heterocycles. The second-order valence-corrected chi connectivity index (χ2v) is 6.86. The molecule has 0 aromatic heterocycles. The summed E-state index contributed by atoms with van der Waals surface area (Å²) in [7, 11) is 0. The van der Waals surface area contributed by atoms with Gasteiger partial charge >= 0.3 is 6.09 Å². The Labute approximate surface area is 117 Å². The van der Waals surface area contributed by atoms with E-state index in [9.17, 15) is 9.59 Å². The van der Waals surface area contributed by atoms with Crippen molar-refractivity contribution in [3.63, 3.8) is 0 Å². The fourth-order valence-electron chi connectivity index (χ4n) is 1.80. The van der Waals surface area contributed by atoms with Crippen LogP contribution in [0.3, 0.4) is 0 Å². The molecule has 112 valence electrons. The van der Waals surface area contributed by atoms with E-state index < -0.39 is 17.7 Å². The molecule has 1 amide bonds. The highest BCUT2D eigenvalue weighted by Crippen LogP contribution is 2.17. The standard InChI is InChI=1S/C15H29NO3/c1-11(2)8-13(10-17)16(9-12(3)4)14(18)19-15(5,6)7/h10-13H,8-9H2,1-7H3. The zero-order valence-corrected chi connectivity index (χ0v) is 13.4. The summed E-state index contributed by atoms with van der Waals surface area (Å²) in [6, 6.07) is -0.405. The van der Waals surface area contributed by atoms with Gasteiger partial charge in [-0.2, -0.15) is 0 Å². The van der Waals surface area contributed by atoms with Crippen molar-refractivity contribution in [2.45, 2.75) is 66.5 Å². The Bertz CT molecular complexity index is 292. The zero-order valence-electron chi connectivity index (χ0n) is 13.4. The van der Waals surface area contributed by atoms with Crippen molar-refractivity contribution in [3.8, 4) is 0 Å². The van der Waals surface area contributed by atoms with E-state index in [1.807, 2.05) is 48.5 Å². The minimum atomic E-state index is -0.544. The topological polar surface area (TPSA) is 46.6 Å². The average molecular weight is 271 g/mol. The molecule has 0 bridgehead atoms. The number of amides is 1. The highest BCUT2D eigenvalue weighted by atomic mass is 16.6. The van der Waals surface area contributed by atoms with Gasteiger partial charge in [0.2, 0.25) is 0 Å². The smallest absolute Gasteiger partial charge is 0.410 e. The second-order valence-electron chi connectivity index (χ2n) is 6.86. The zero-order chi connectivity index (χ0) is 15.2. The van der Waals surface area contributed by atoms with Gasteiger partial charge < -0.3 is 9.53 Å². The molecular weight excluding hydrogens is 242 g/mol. The summed E-state index contributed by atoms with van der Waals surface area (Å²) in [6.45, 7) is 14.1. The van der Waals surface area contributed by atoms with Crippen LogP contribution in [0.15, 0.2) is 0 Å². The van der Waals surface area contributed by atoms with Crippen LogP contribution < -0.4 is 0 Å². The summed E-state index contributed by atoms with van der Waals surface area (Å²) in [4.78, 5) is 25.1. The Morgan fingerprint density at radius 2 is 1.68 bits per heavy atom. The Morgan fingerprint density at radius 3 is 2.00 bits per heavy atom. The number of hydrogen-bond donors (Lipinski definition) is 0.